The molecule has 0 saturated carbocycles. The van der Waals surface area contributed by atoms with Gasteiger partial charge in [0.05, 0.1) is 96.3 Å². The molecule has 26 rings (SSSR count). The molecule has 0 atom stereocenters. The van der Waals surface area contributed by atoms with Crippen LogP contribution < -0.4 is 35.1 Å². The number of rotatable bonds is 19. The van der Waals surface area contributed by atoms with Crippen LogP contribution in [0.2, 0.25) is 0 Å². The Hall–Kier alpha value is -16.4. The number of benzene rings is 9. The molecule has 5 fully saturated rings. The highest BCUT2D eigenvalue weighted by molar-refractivity contribution is 6.06. The molecule has 0 radical (unpaired) electrons. The van der Waals surface area contributed by atoms with Crippen LogP contribution in [0.4, 0.5) is 39.8 Å². The Morgan fingerprint density at radius 1 is 0.324 bits per heavy atom. The van der Waals surface area contributed by atoms with E-state index in [2.05, 4.69) is 286 Å². The predicted octanol–water partition coefficient (Wildman–Crippen LogP) is 23.4. The van der Waals surface area contributed by atoms with Gasteiger partial charge in [0.2, 0.25) is 0 Å². The molecule has 29 nitrogen and oxygen atoms in total. The fourth-order valence-corrected chi connectivity index (χ4v) is 20.8. The number of H-pyrrole nitrogens is 8. The van der Waals surface area contributed by atoms with Crippen LogP contribution in [0.25, 0.3) is 178 Å². The van der Waals surface area contributed by atoms with Crippen molar-refractivity contribution in [3.63, 3.8) is 0 Å². The Morgan fingerprint density at radius 2 is 0.655 bits per heavy atom. The summed E-state index contributed by atoms with van der Waals surface area (Å²) >= 11 is 0. The first-order valence-electron chi connectivity index (χ1n) is 50.1. The van der Waals surface area contributed by atoms with E-state index in [1.54, 1.807) is 24.5 Å². The Morgan fingerprint density at radius 3 is 1.02 bits per heavy atom. The smallest absolute Gasteiger partial charge is 0.255 e. The van der Waals surface area contributed by atoms with Gasteiger partial charge in [-0.3, -0.25) is 50.0 Å². The number of nitrogens with one attached hydrogen (secondary N) is 10. The minimum atomic E-state index is -0.170. The minimum absolute atomic E-state index is 0.170. The summed E-state index contributed by atoms with van der Waals surface area (Å²) in [5.41, 5.74) is 33.3. The number of piperidine rings is 4. The molecule has 5 aliphatic heterocycles. The first-order valence-corrected chi connectivity index (χ1v) is 50.1. The number of hydrogen-bond donors (Lipinski definition) is 10. The molecule has 1 amide bonds. The number of aromatic nitrogens is 20. The third-order valence-corrected chi connectivity index (χ3v) is 28.1. The van der Waals surface area contributed by atoms with E-state index in [9.17, 15) is 4.79 Å². The average Bonchev–Trinajstić information content (AvgIpc) is 1.62. The van der Waals surface area contributed by atoms with Gasteiger partial charge < -0.3 is 55.1 Å². The number of pyridine rings is 4. The van der Waals surface area contributed by atoms with Crippen molar-refractivity contribution >= 4 is 133 Å². The van der Waals surface area contributed by atoms with E-state index in [4.69, 9.17) is 19.9 Å². The van der Waals surface area contributed by atoms with Crippen molar-refractivity contribution in [2.45, 2.75) is 116 Å². The van der Waals surface area contributed by atoms with Gasteiger partial charge >= 0.3 is 0 Å². The molecule has 0 unspecified atom stereocenters. The van der Waals surface area contributed by atoms with Gasteiger partial charge in [0, 0.05) is 166 Å². The van der Waals surface area contributed by atoms with Crippen molar-refractivity contribution < 1.29 is 4.79 Å². The van der Waals surface area contributed by atoms with E-state index >= 15 is 0 Å². The number of carbonyl (C=O) groups is 1. The lowest BCUT2D eigenvalue weighted by molar-refractivity contribution is 0.102. The van der Waals surface area contributed by atoms with Crippen LogP contribution in [0.15, 0.2) is 250 Å². The molecule has 0 bridgehead atoms. The summed E-state index contributed by atoms with van der Waals surface area (Å²) < 4.78 is 0. The zero-order valence-electron chi connectivity index (χ0n) is 80.4. The molecule has 142 heavy (non-hydrogen) atoms. The van der Waals surface area contributed by atoms with Gasteiger partial charge in [-0.25, -0.2) is 19.9 Å². The Kier molecular flexibility index (Phi) is 25.1. The summed E-state index contributed by atoms with van der Waals surface area (Å²) in [6.45, 7) is 16.3. The lowest BCUT2D eigenvalue weighted by Gasteiger charge is -2.28. The standard InChI is InChI=1S/C31H27N7O.C29H31N7.C27H29N7.C26H27N7/c39-31(20-8-3-1-4-9-20)33-23-16-22(18-32-19-23)21-12-13-25-24(17-21)28(37-36-25)30-34-26-10-7-11-27(29(26)35-30)38-14-5-2-6-15-38;1-2-13-36(14-3-1)26-8-6-7-25-28(26)32-29(31-25)27-23-16-21(9-10-24(23)33-34-27)22-15-20(17-30-18-22)19-35-11-4-5-12-35;1-17(2)29-20-13-19(15-28-16-20)18-9-10-22-21(14-18)25(33-32-22)27-30-23-7-6-8-24(26(23)31-27)34-11-4-3-5-12-34;1-32(2)19-13-18(15-27-16-19)17-9-10-21-20(14-17)24(31-30-21)26-28-22-7-6-8-23(25(22)29-26)33-11-4-3-5-12-33/h1,3-4,7-13,16-19H,2,5-6,14-15H2,(H,33,39)(H,34,35)(H,36,37);6-10,15-18H,1-5,11-14,19H2,(H,31,32)(H,33,34);6-10,13-17,29H,3-5,11-12H2,1-2H3,(H,30,31)(H,32,33);6-10,13-16H,3-5,11-12H2,1-2H3,(H,28,29)(H,30,31). The second-order valence-corrected chi connectivity index (χ2v) is 38.5. The summed E-state index contributed by atoms with van der Waals surface area (Å²) in [5.74, 6) is 2.95. The second kappa shape index (κ2) is 39.8. The summed E-state index contributed by atoms with van der Waals surface area (Å²) in [6.07, 6.45) is 32.7. The Balaban J connectivity index is 0.000000105. The zero-order chi connectivity index (χ0) is 95.5. The molecule has 12 aromatic heterocycles. The van der Waals surface area contributed by atoms with Gasteiger partial charge in [-0.05, 0) is 278 Å². The van der Waals surface area contributed by atoms with Gasteiger partial charge in [0.15, 0.2) is 23.3 Å². The number of carbonyl (C=O) groups excluding carboxylic acids is 1. The number of nitrogens with zero attached hydrogens (tertiary/aromatic N) is 18. The fraction of sp³-hybridized carbons (Fsp3) is 0.265. The molecule has 0 spiro atoms. The monoisotopic (exact) mass is 1880 g/mol. The first kappa shape index (κ1) is 89.5. The van der Waals surface area contributed by atoms with Crippen LogP contribution in [-0.4, -0.2) is 197 Å². The van der Waals surface area contributed by atoms with E-state index in [0.717, 1.165) is 249 Å². The normalized spacial score (nSPS) is 14.8. The molecule has 712 valence electrons. The van der Waals surface area contributed by atoms with Crippen molar-refractivity contribution in [1.82, 2.24) is 105 Å². The summed E-state index contributed by atoms with van der Waals surface area (Å²) in [7, 11) is 4.05. The second-order valence-electron chi connectivity index (χ2n) is 38.5. The van der Waals surface area contributed by atoms with E-state index < -0.39 is 0 Å². The number of hydrogen-bond acceptors (Lipinski definition) is 20. The molecule has 5 saturated heterocycles. The van der Waals surface area contributed by atoms with Crippen molar-refractivity contribution in [2.24, 2.45) is 0 Å². The molecule has 9 aromatic carbocycles. The van der Waals surface area contributed by atoms with Crippen LogP contribution >= 0.6 is 0 Å². The first-order chi connectivity index (χ1) is 69.9. The number of para-hydroxylation sites is 4. The lowest BCUT2D eigenvalue weighted by Crippen LogP contribution is -2.29. The van der Waals surface area contributed by atoms with Crippen LogP contribution in [0.1, 0.15) is 120 Å². The van der Waals surface area contributed by atoms with Crippen LogP contribution in [0, 0.1) is 0 Å². The summed E-state index contributed by atoms with van der Waals surface area (Å²) in [6, 6.07) is 68.8. The van der Waals surface area contributed by atoms with E-state index in [0.29, 0.717) is 17.3 Å². The average molecular weight is 1880 g/mol. The maximum Gasteiger partial charge on any atom is 0.255 e. The highest BCUT2D eigenvalue weighted by atomic mass is 16.1. The molecule has 17 heterocycles. The van der Waals surface area contributed by atoms with Crippen molar-refractivity contribution in [3.05, 3.63) is 261 Å². The number of amides is 1. The molecule has 10 N–H and O–H groups in total. The summed E-state index contributed by atoms with van der Waals surface area (Å²) in [5, 5.41) is 41.7. The number of likely N-dealkylation sites (tertiary alicyclic amines) is 1. The zero-order valence-corrected chi connectivity index (χ0v) is 80.4. The Bertz CT molecular complexity index is 8100. The van der Waals surface area contributed by atoms with Crippen molar-refractivity contribution in [2.75, 3.05) is 115 Å². The van der Waals surface area contributed by atoms with Crippen molar-refractivity contribution in [3.8, 4) is 90.6 Å². The van der Waals surface area contributed by atoms with Gasteiger partial charge in [-0.15, -0.1) is 0 Å². The van der Waals surface area contributed by atoms with Crippen LogP contribution in [0.3, 0.4) is 0 Å². The molecule has 5 aliphatic rings. The van der Waals surface area contributed by atoms with Gasteiger partial charge in [0.25, 0.3) is 5.91 Å². The maximum atomic E-state index is 12.6. The highest BCUT2D eigenvalue weighted by Crippen LogP contribution is 2.42. The molecule has 21 aromatic rings. The molecule has 29 heteroatoms. The van der Waals surface area contributed by atoms with Gasteiger partial charge in [-0.2, -0.15) is 20.4 Å². The number of fused-ring (bicyclic) bond motifs is 8. The lowest BCUT2D eigenvalue weighted by atomic mass is 10.0. The number of aromatic amines is 8. The number of imidazole rings is 4. The largest absolute Gasteiger partial charge is 0.382 e. The molecule has 0 aliphatic carbocycles. The van der Waals surface area contributed by atoms with E-state index in [-0.39, 0.29) is 5.91 Å². The third kappa shape index (κ3) is 18.8. The quantitative estimate of drug-likeness (QED) is 0.0359. The van der Waals surface area contributed by atoms with Crippen LogP contribution in [-0.2, 0) is 6.54 Å². The minimum Gasteiger partial charge on any atom is -0.382 e. The van der Waals surface area contributed by atoms with E-state index in [1.165, 1.54) is 131 Å². The molecular formula is C113H114N28O. The SMILES string of the molecule is CC(C)Nc1cncc(-c2ccc3[nH]nc(-c4nc5c(N6CCCCC6)cccc5[nH]4)c3c2)c1.CN(C)c1cncc(-c2ccc3[nH]nc(-c4nc5c(N6CCCCC6)cccc5[nH]4)c3c2)c1.O=C(Nc1cncc(-c2ccc3[nH]nc(-c4nc5c(N6CCCCC6)cccc5[nH]4)c3c2)c1)c1ccccc1.c1cc(N2CCCCC2)c2nc(-c3n[nH]c4ccc(-c5cncc(CN6CCCC6)c5)cc34)[nH]c2c1. The maximum absolute atomic E-state index is 12.6. The van der Waals surface area contributed by atoms with Gasteiger partial charge in [0.1, 0.15) is 44.8 Å². The third-order valence-electron chi connectivity index (χ3n) is 28.1. The summed E-state index contributed by atoms with van der Waals surface area (Å²) in [4.78, 5) is 79.0. The van der Waals surface area contributed by atoms with E-state index in [1.807, 2.05) is 87.7 Å². The van der Waals surface area contributed by atoms with Crippen molar-refractivity contribution in [1.29, 1.82) is 0 Å². The highest BCUT2D eigenvalue weighted by Gasteiger charge is 2.27. The molecular weight excluding hydrogens is 1770 g/mol. The number of anilines is 7. The fourth-order valence-electron chi connectivity index (χ4n) is 20.8. The van der Waals surface area contributed by atoms with Gasteiger partial charge in [-0.1, -0.05) is 66.7 Å². The predicted molar refractivity (Wildman–Crippen MR) is 574 cm³/mol. The Labute approximate surface area is 821 Å². The van der Waals surface area contributed by atoms with Crippen LogP contribution in [0.5, 0.6) is 0 Å². The topological polar surface area (TPSA) is 342 Å².